The first kappa shape index (κ1) is 13.1. The van der Waals surface area contributed by atoms with Crippen molar-refractivity contribution < 1.29 is 9.47 Å². The van der Waals surface area contributed by atoms with Crippen molar-refractivity contribution in [2.75, 3.05) is 25.6 Å². The fourth-order valence-electron chi connectivity index (χ4n) is 2.26. The van der Waals surface area contributed by atoms with Crippen LogP contribution in [0, 0.1) is 0 Å². The highest BCUT2D eigenvalue weighted by molar-refractivity contribution is 5.43. The van der Waals surface area contributed by atoms with Crippen LogP contribution in [0.2, 0.25) is 0 Å². The van der Waals surface area contributed by atoms with Crippen LogP contribution in [0.3, 0.4) is 0 Å². The van der Waals surface area contributed by atoms with Crippen molar-refractivity contribution in [3.63, 3.8) is 0 Å². The molecule has 0 atom stereocenters. The molecule has 0 bridgehead atoms. The lowest BCUT2D eigenvalue weighted by Crippen LogP contribution is -2.22. The second kappa shape index (κ2) is 7.21. The number of anilines is 1. The topological polar surface area (TPSA) is 43.4 Å². The van der Waals surface area contributed by atoms with Crippen LogP contribution in [0.15, 0.2) is 18.3 Å². The second-order valence-corrected chi connectivity index (χ2v) is 4.71. The summed E-state index contributed by atoms with van der Waals surface area (Å²) in [6, 6.07) is 4.55. The number of nitrogens with one attached hydrogen (secondary N) is 1. The van der Waals surface area contributed by atoms with Crippen LogP contribution < -0.4 is 10.1 Å². The van der Waals surface area contributed by atoms with E-state index in [9.17, 15) is 0 Å². The third-order valence-corrected chi connectivity index (χ3v) is 3.25. The third-order valence-electron chi connectivity index (χ3n) is 3.25. The van der Waals surface area contributed by atoms with Gasteiger partial charge in [0.05, 0.1) is 18.5 Å². The van der Waals surface area contributed by atoms with E-state index in [1.54, 1.807) is 7.11 Å². The Labute approximate surface area is 109 Å². The van der Waals surface area contributed by atoms with Gasteiger partial charge in [0.2, 0.25) is 5.88 Å². The number of pyridine rings is 1. The van der Waals surface area contributed by atoms with E-state index in [4.69, 9.17) is 9.47 Å². The Balaban J connectivity index is 1.79. The summed E-state index contributed by atoms with van der Waals surface area (Å²) in [5.74, 6) is 0.654. The van der Waals surface area contributed by atoms with Gasteiger partial charge < -0.3 is 14.8 Å². The van der Waals surface area contributed by atoms with Gasteiger partial charge in [0.15, 0.2) is 0 Å². The molecule has 1 aromatic heterocycles. The molecule has 2 rings (SSSR count). The van der Waals surface area contributed by atoms with Crippen LogP contribution in [0.4, 0.5) is 5.69 Å². The monoisotopic (exact) mass is 250 g/mol. The summed E-state index contributed by atoms with van der Waals surface area (Å²) < 4.78 is 10.4. The molecular weight excluding hydrogens is 228 g/mol. The Morgan fingerprint density at radius 1 is 1.22 bits per heavy atom. The first-order valence-corrected chi connectivity index (χ1v) is 6.73. The summed E-state index contributed by atoms with van der Waals surface area (Å²) in [7, 11) is 1.66. The molecular formula is C14H22N2O2. The molecule has 4 heteroatoms. The zero-order valence-electron chi connectivity index (χ0n) is 11.0. The molecule has 100 valence electrons. The number of ether oxygens (including phenoxy) is 2. The summed E-state index contributed by atoms with van der Waals surface area (Å²) in [4.78, 5) is 4.28. The van der Waals surface area contributed by atoms with E-state index in [-0.39, 0.29) is 0 Å². The highest BCUT2D eigenvalue weighted by Gasteiger charge is 2.12. The highest BCUT2D eigenvalue weighted by Crippen LogP contribution is 2.21. The minimum absolute atomic E-state index is 0.541. The number of aromatic nitrogens is 1. The molecule has 0 aromatic carbocycles. The molecule has 1 N–H and O–H groups in total. The maximum Gasteiger partial charge on any atom is 0.213 e. The summed E-state index contributed by atoms with van der Waals surface area (Å²) in [6.07, 6.45) is 8.43. The molecule has 0 radical (unpaired) electrons. The van der Waals surface area contributed by atoms with E-state index in [2.05, 4.69) is 10.3 Å². The molecule has 0 amide bonds. The van der Waals surface area contributed by atoms with Crippen LogP contribution in [-0.2, 0) is 4.74 Å². The standard InChI is InChI=1S/C14H22N2O2/c1-17-9-10-18-14-8-7-13(11-15-14)16-12-5-3-2-4-6-12/h7-8,11-12,16H,2-6,9-10H2,1H3. The van der Waals surface area contributed by atoms with Gasteiger partial charge in [0.25, 0.3) is 0 Å². The molecule has 0 aliphatic heterocycles. The van der Waals surface area contributed by atoms with E-state index in [0.717, 1.165) is 5.69 Å². The van der Waals surface area contributed by atoms with Crippen LogP contribution in [0.25, 0.3) is 0 Å². The van der Waals surface area contributed by atoms with E-state index in [1.807, 2.05) is 18.3 Å². The van der Waals surface area contributed by atoms with Gasteiger partial charge in [0, 0.05) is 19.2 Å². The number of hydrogen-bond donors (Lipinski definition) is 1. The summed E-state index contributed by atoms with van der Waals surface area (Å²) in [5.41, 5.74) is 1.08. The SMILES string of the molecule is COCCOc1ccc(NC2CCCCC2)cn1. The van der Waals surface area contributed by atoms with Gasteiger partial charge in [-0.1, -0.05) is 19.3 Å². The highest BCUT2D eigenvalue weighted by atomic mass is 16.5. The zero-order chi connectivity index (χ0) is 12.6. The lowest BCUT2D eigenvalue weighted by Gasteiger charge is -2.23. The van der Waals surface area contributed by atoms with Gasteiger partial charge in [-0.15, -0.1) is 0 Å². The van der Waals surface area contributed by atoms with Crippen molar-refractivity contribution in [1.29, 1.82) is 0 Å². The fourth-order valence-corrected chi connectivity index (χ4v) is 2.26. The van der Waals surface area contributed by atoms with E-state index in [0.29, 0.717) is 25.1 Å². The molecule has 0 unspecified atom stereocenters. The second-order valence-electron chi connectivity index (χ2n) is 4.71. The molecule has 1 aromatic rings. The molecule has 0 saturated heterocycles. The molecule has 1 heterocycles. The normalized spacial score (nSPS) is 16.5. The molecule has 4 nitrogen and oxygen atoms in total. The van der Waals surface area contributed by atoms with Gasteiger partial charge in [0.1, 0.15) is 6.61 Å². The van der Waals surface area contributed by atoms with Crippen molar-refractivity contribution >= 4 is 5.69 Å². The smallest absolute Gasteiger partial charge is 0.213 e. The Bertz CT molecular complexity index is 334. The quantitative estimate of drug-likeness (QED) is 0.788. The largest absolute Gasteiger partial charge is 0.475 e. The molecule has 1 aliphatic carbocycles. The van der Waals surface area contributed by atoms with E-state index < -0.39 is 0 Å². The lowest BCUT2D eigenvalue weighted by atomic mass is 9.95. The van der Waals surface area contributed by atoms with Crippen LogP contribution in [0.1, 0.15) is 32.1 Å². The average Bonchev–Trinajstić information content (AvgIpc) is 2.42. The average molecular weight is 250 g/mol. The molecule has 1 saturated carbocycles. The van der Waals surface area contributed by atoms with Crippen molar-refractivity contribution in [3.05, 3.63) is 18.3 Å². The number of hydrogen-bond acceptors (Lipinski definition) is 4. The van der Waals surface area contributed by atoms with E-state index >= 15 is 0 Å². The molecule has 1 fully saturated rings. The number of rotatable bonds is 6. The van der Waals surface area contributed by atoms with Crippen molar-refractivity contribution in [3.8, 4) is 5.88 Å². The first-order chi connectivity index (χ1) is 8.88. The summed E-state index contributed by atoms with van der Waals surface area (Å²) in [5, 5.41) is 3.53. The van der Waals surface area contributed by atoms with Gasteiger partial charge in [-0.2, -0.15) is 0 Å². The van der Waals surface area contributed by atoms with Crippen molar-refractivity contribution in [1.82, 2.24) is 4.98 Å². The number of nitrogens with zero attached hydrogens (tertiary/aromatic N) is 1. The predicted molar refractivity (Wildman–Crippen MR) is 72.1 cm³/mol. The summed E-state index contributed by atoms with van der Waals surface area (Å²) in [6.45, 7) is 1.13. The van der Waals surface area contributed by atoms with Gasteiger partial charge >= 0.3 is 0 Å². The van der Waals surface area contributed by atoms with Gasteiger partial charge in [-0.25, -0.2) is 4.98 Å². The Hall–Kier alpha value is -1.29. The Kier molecular flexibility index (Phi) is 5.27. The first-order valence-electron chi connectivity index (χ1n) is 6.73. The molecule has 18 heavy (non-hydrogen) atoms. The van der Waals surface area contributed by atoms with Crippen molar-refractivity contribution in [2.45, 2.75) is 38.1 Å². The Morgan fingerprint density at radius 2 is 2.06 bits per heavy atom. The summed E-state index contributed by atoms with van der Waals surface area (Å²) >= 11 is 0. The van der Waals surface area contributed by atoms with Crippen LogP contribution >= 0.6 is 0 Å². The predicted octanol–water partition coefficient (Wildman–Crippen LogP) is 2.85. The molecule has 1 aliphatic rings. The zero-order valence-corrected chi connectivity index (χ0v) is 11.0. The van der Waals surface area contributed by atoms with Crippen molar-refractivity contribution in [2.24, 2.45) is 0 Å². The van der Waals surface area contributed by atoms with Gasteiger partial charge in [-0.3, -0.25) is 0 Å². The minimum Gasteiger partial charge on any atom is -0.475 e. The van der Waals surface area contributed by atoms with E-state index in [1.165, 1.54) is 32.1 Å². The number of methoxy groups -OCH3 is 1. The Morgan fingerprint density at radius 3 is 2.72 bits per heavy atom. The lowest BCUT2D eigenvalue weighted by molar-refractivity contribution is 0.144. The minimum atomic E-state index is 0.541. The maximum absolute atomic E-state index is 5.43. The van der Waals surface area contributed by atoms with Crippen LogP contribution in [-0.4, -0.2) is 31.3 Å². The maximum atomic E-state index is 5.43. The fraction of sp³-hybridized carbons (Fsp3) is 0.643. The van der Waals surface area contributed by atoms with Crippen LogP contribution in [0.5, 0.6) is 5.88 Å². The van der Waals surface area contributed by atoms with Gasteiger partial charge in [-0.05, 0) is 18.9 Å². The molecule has 0 spiro atoms. The third kappa shape index (κ3) is 4.18.